The van der Waals surface area contributed by atoms with Gasteiger partial charge in [0.05, 0.1) is 12.7 Å². The van der Waals surface area contributed by atoms with E-state index in [4.69, 9.17) is 9.47 Å². The second-order valence-corrected chi connectivity index (χ2v) is 6.60. The fraction of sp³-hybridized carbons (Fsp3) is 0.455. The maximum atomic E-state index is 6.49. The van der Waals surface area contributed by atoms with Gasteiger partial charge in [0.15, 0.2) is 0 Å². The lowest BCUT2D eigenvalue weighted by Gasteiger charge is -2.37. The van der Waals surface area contributed by atoms with Crippen LogP contribution in [0.2, 0.25) is 0 Å². The highest BCUT2D eigenvalue weighted by Gasteiger charge is 2.33. The van der Waals surface area contributed by atoms with Gasteiger partial charge < -0.3 is 9.47 Å². The van der Waals surface area contributed by atoms with E-state index in [1.165, 1.54) is 36.8 Å². The van der Waals surface area contributed by atoms with Crippen LogP contribution in [0.1, 0.15) is 62.4 Å². The largest absolute Gasteiger partial charge is 0.368 e. The third-order valence-corrected chi connectivity index (χ3v) is 4.71. The molecule has 0 N–H and O–H groups in total. The lowest BCUT2D eigenvalue weighted by molar-refractivity contribution is -0.188. The summed E-state index contributed by atoms with van der Waals surface area (Å²) in [5.74, 6) is 0. The molecular formula is C22H28O2. The van der Waals surface area contributed by atoms with E-state index in [1.54, 1.807) is 0 Å². The van der Waals surface area contributed by atoms with Crippen LogP contribution in [0.3, 0.4) is 0 Å². The van der Waals surface area contributed by atoms with Gasteiger partial charge in [-0.3, -0.25) is 0 Å². The van der Waals surface area contributed by atoms with Crippen molar-refractivity contribution >= 4 is 0 Å². The Morgan fingerprint density at radius 2 is 1.42 bits per heavy atom. The number of ether oxygens (including phenoxy) is 2. The molecule has 0 radical (unpaired) electrons. The van der Waals surface area contributed by atoms with Crippen LogP contribution in [0.4, 0.5) is 0 Å². The van der Waals surface area contributed by atoms with Crippen molar-refractivity contribution in [3.05, 3.63) is 71.8 Å². The van der Waals surface area contributed by atoms with Crippen molar-refractivity contribution in [2.45, 2.75) is 57.3 Å². The summed E-state index contributed by atoms with van der Waals surface area (Å²) in [5, 5.41) is 0. The Bertz CT molecular complexity index is 581. The smallest absolute Gasteiger partial charge is 0.113 e. The molecule has 1 aliphatic heterocycles. The van der Waals surface area contributed by atoms with Crippen LogP contribution in [0.25, 0.3) is 0 Å². The molecule has 0 saturated carbocycles. The van der Waals surface area contributed by atoms with Crippen LogP contribution in [0, 0.1) is 0 Å². The van der Waals surface area contributed by atoms with Crippen LogP contribution in [0.15, 0.2) is 60.7 Å². The van der Waals surface area contributed by atoms with E-state index >= 15 is 0 Å². The van der Waals surface area contributed by atoms with Gasteiger partial charge in [0, 0.05) is 0 Å². The van der Waals surface area contributed by atoms with Crippen molar-refractivity contribution in [3.8, 4) is 0 Å². The predicted molar refractivity (Wildman–Crippen MR) is 98.0 cm³/mol. The molecule has 1 fully saturated rings. The molecule has 1 heterocycles. The molecule has 0 unspecified atom stereocenters. The van der Waals surface area contributed by atoms with Gasteiger partial charge in [-0.2, -0.15) is 0 Å². The normalized spacial score (nSPS) is 24.0. The molecule has 2 nitrogen and oxygen atoms in total. The Morgan fingerprint density at radius 1 is 0.792 bits per heavy atom. The summed E-state index contributed by atoms with van der Waals surface area (Å²) >= 11 is 0. The zero-order valence-electron chi connectivity index (χ0n) is 14.6. The molecule has 24 heavy (non-hydrogen) atoms. The minimum absolute atomic E-state index is 0.0273. The summed E-state index contributed by atoms with van der Waals surface area (Å²) in [5.41, 5.74) is 2.39. The molecule has 3 rings (SSSR count). The van der Waals surface area contributed by atoms with Crippen molar-refractivity contribution < 1.29 is 9.47 Å². The quantitative estimate of drug-likeness (QED) is 0.594. The summed E-state index contributed by atoms with van der Waals surface area (Å²) < 4.78 is 12.8. The molecule has 2 aromatic carbocycles. The zero-order valence-corrected chi connectivity index (χ0v) is 14.6. The van der Waals surface area contributed by atoms with Crippen molar-refractivity contribution in [2.24, 2.45) is 0 Å². The molecule has 0 bridgehead atoms. The molecule has 1 saturated heterocycles. The van der Waals surface area contributed by atoms with E-state index < -0.39 is 0 Å². The highest BCUT2D eigenvalue weighted by atomic mass is 16.6. The van der Waals surface area contributed by atoms with Crippen LogP contribution >= 0.6 is 0 Å². The minimum atomic E-state index is -0.0291. The summed E-state index contributed by atoms with van der Waals surface area (Å²) in [6.45, 7) is 2.94. The van der Waals surface area contributed by atoms with Gasteiger partial charge in [-0.15, -0.1) is 0 Å². The number of hydrogen-bond acceptors (Lipinski definition) is 2. The van der Waals surface area contributed by atoms with Gasteiger partial charge >= 0.3 is 0 Å². The summed E-state index contributed by atoms with van der Waals surface area (Å²) in [4.78, 5) is 0. The fourth-order valence-electron chi connectivity index (χ4n) is 3.38. The maximum absolute atomic E-state index is 6.49. The zero-order chi connectivity index (χ0) is 16.6. The van der Waals surface area contributed by atoms with Gasteiger partial charge in [-0.1, -0.05) is 93.3 Å². The van der Waals surface area contributed by atoms with E-state index in [0.717, 1.165) is 6.42 Å². The Balaban J connectivity index is 1.71. The van der Waals surface area contributed by atoms with Crippen molar-refractivity contribution in [2.75, 3.05) is 6.61 Å². The molecule has 1 aliphatic rings. The standard InChI is InChI=1S/C22H28O2/c1-2-3-4-11-16-20-17-23-21(18-12-7-5-8-13-18)22(24-20)19-14-9-6-10-15-19/h5-10,12-15,20-22H,2-4,11,16-17H2,1H3/t20-,21+,22+/m0/s1. The molecule has 0 aliphatic carbocycles. The van der Waals surface area contributed by atoms with Crippen LogP contribution in [-0.4, -0.2) is 12.7 Å². The SMILES string of the molecule is CCCCCC[C@H]1CO[C@H](c2ccccc2)[C@@H](c2ccccc2)O1. The van der Waals surface area contributed by atoms with E-state index in [2.05, 4.69) is 55.5 Å². The van der Waals surface area contributed by atoms with Crippen molar-refractivity contribution in [1.29, 1.82) is 0 Å². The summed E-state index contributed by atoms with van der Waals surface area (Å²) in [6, 6.07) is 20.9. The van der Waals surface area contributed by atoms with E-state index in [-0.39, 0.29) is 18.3 Å². The molecule has 3 atom stereocenters. The molecule has 2 heteroatoms. The molecular weight excluding hydrogens is 296 g/mol. The topological polar surface area (TPSA) is 18.5 Å². The van der Waals surface area contributed by atoms with E-state index in [1.807, 2.05) is 12.1 Å². The van der Waals surface area contributed by atoms with Gasteiger partial charge in [0.25, 0.3) is 0 Å². The van der Waals surface area contributed by atoms with Crippen LogP contribution in [0.5, 0.6) is 0 Å². The lowest BCUT2D eigenvalue weighted by atomic mass is 9.96. The van der Waals surface area contributed by atoms with Crippen molar-refractivity contribution in [1.82, 2.24) is 0 Å². The monoisotopic (exact) mass is 324 g/mol. The molecule has 128 valence electrons. The average Bonchev–Trinajstić information content (AvgIpc) is 2.66. The van der Waals surface area contributed by atoms with Gasteiger partial charge in [0.2, 0.25) is 0 Å². The first-order chi connectivity index (χ1) is 11.9. The number of benzene rings is 2. The number of rotatable bonds is 7. The molecule has 0 amide bonds. The molecule has 0 aromatic heterocycles. The van der Waals surface area contributed by atoms with Gasteiger partial charge in [-0.25, -0.2) is 0 Å². The molecule has 2 aromatic rings. The minimum Gasteiger partial charge on any atom is -0.368 e. The highest BCUT2D eigenvalue weighted by Crippen LogP contribution is 2.40. The van der Waals surface area contributed by atoms with E-state index in [9.17, 15) is 0 Å². The van der Waals surface area contributed by atoms with Crippen LogP contribution in [-0.2, 0) is 9.47 Å². The van der Waals surface area contributed by atoms with Crippen molar-refractivity contribution in [3.63, 3.8) is 0 Å². The van der Waals surface area contributed by atoms with E-state index in [0.29, 0.717) is 6.61 Å². The van der Waals surface area contributed by atoms with Gasteiger partial charge in [-0.05, 0) is 17.5 Å². The Hall–Kier alpha value is -1.64. The second-order valence-electron chi connectivity index (χ2n) is 6.60. The number of hydrogen-bond donors (Lipinski definition) is 0. The van der Waals surface area contributed by atoms with Crippen LogP contribution < -0.4 is 0 Å². The average molecular weight is 324 g/mol. The first-order valence-electron chi connectivity index (χ1n) is 9.25. The summed E-state index contributed by atoms with van der Waals surface area (Å²) in [6.07, 6.45) is 6.32. The Kier molecular flexibility index (Phi) is 6.45. The Morgan fingerprint density at radius 3 is 2.04 bits per heavy atom. The molecule has 0 spiro atoms. The highest BCUT2D eigenvalue weighted by molar-refractivity contribution is 5.25. The third-order valence-electron chi connectivity index (χ3n) is 4.71. The second kappa shape index (κ2) is 9.00. The Labute approximate surface area is 145 Å². The summed E-state index contributed by atoms with van der Waals surface area (Å²) in [7, 11) is 0. The van der Waals surface area contributed by atoms with Gasteiger partial charge in [0.1, 0.15) is 12.2 Å². The maximum Gasteiger partial charge on any atom is 0.113 e. The fourth-order valence-corrected chi connectivity index (χ4v) is 3.38. The first kappa shape index (κ1) is 17.2. The lowest BCUT2D eigenvalue weighted by Crippen LogP contribution is -2.33. The predicted octanol–water partition coefficient (Wildman–Crippen LogP) is 5.85. The first-order valence-corrected chi connectivity index (χ1v) is 9.25. The third kappa shape index (κ3) is 4.46. The number of unbranched alkanes of at least 4 members (excludes halogenated alkanes) is 3.